The second-order valence-electron chi connectivity index (χ2n) is 6.36. The quantitative estimate of drug-likeness (QED) is 0.786. The molecule has 1 amide bonds. The first kappa shape index (κ1) is 16.5. The lowest BCUT2D eigenvalue weighted by Crippen LogP contribution is -2.22. The minimum Gasteiger partial charge on any atom is -0.373 e. The molecule has 0 radical (unpaired) electrons. The van der Waals surface area contributed by atoms with Crippen molar-refractivity contribution in [2.24, 2.45) is 0 Å². The molecule has 0 unspecified atom stereocenters. The van der Waals surface area contributed by atoms with Gasteiger partial charge in [0.2, 0.25) is 5.91 Å². The van der Waals surface area contributed by atoms with Gasteiger partial charge in [0.15, 0.2) is 0 Å². The van der Waals surface area contributed by atoms with Gasteiger partial charge in [-0.1, -0.05) is 30.3 Å². The van der Waals surface area contributed by atoms with E-state index in [1.807, 2.05) is 54.0 Å². The maximum absolute atomic E-state index is 12.5. The number of fused-ring (bicyclic) bond motifs is 1. The van der Waals surface area contributed by atoms with Crippen molar-refractivity contribution in [1.82, 2.24) is 14.8 Å². The molecule has 0 spiro atoms. The van der Waals surface area contributed by atoms with Gasteiger partial charge in [0.1, 0.15) is 12.2 Å². The van der Waals surface area contributed by atoms with E-state index in [-0.39, 0.29) is 12.0 Å². The molecule has 6 heteroatoms. The Kier molecular flexibility index (Phi) is 4.50. The molecule has 1 aliphatic rings. The highest BCUT2D eigenvalue weighted by atomic mass is 16.5. The Morgan fingerprint density at radius 2 is 2.15 bits per heavy atom. The largest absolute Gasteiger partial charge is 0.373 e. The van der Waals surface area contributed by atoms with Gasteiger partial charge in [-0.25, -0.2) is 0 Å². The van der Waals surface area contributed by atoms with Gasteiger partial charge in [0, 0.05) is 5.69 Å². The maximum Gasteiger partial charge on any atom is 0.227 e. The van der Waals surface area contributed by atoms with Crippen molar-refractivity contribution in [1.29, 1.82) is 0 Å². The monoisotopic (exact) mass is 348 g/mol. The Labute approximate surface area is 151 Å². The van der Waals surface area contributed by atoms with Crippen LogP contribution in [-0.4, -0.2) is 27.3 Å². The Balaban J connectivity index is 1.47. The summed E-state index contributed by atoms with van der Waals surface area (Å²) >= 11 is 0. The number of aromatic nitrogens is 3. The second kappa shape index (κ2) is 7.09. The lowest BCUT2D eigenvalue weighted by molar-refractivity contribution is -0.119. The summed E-state index contributed by atoms with van der Waals surface area (Å²) in [6.07, 6.45) is 2.66. The Morgan fingerprint density at radius 1 is 1.27 bits per heavy atom. The van der Waals surface area contributed by atoms with Gasteiger partial charge in [-0.05, 0) is 42.7 Å². The van der Waals surface area contributed by atoms with Gasteiger partial charge < -0.3 is 10.1 Å². The van der Waals surface area contributed by atoms with Crippen molar-refractivity contribution in [3.8, 4) is 5.69 Å². The zero-order valence-electron chi connectivity index (χ0n) is 14.6. The smallest absolute Gasteiger partial charge is 0.227 e. The molecule has 0 aliphatic carbocycles. The zero-order valence-corrected chi connectivity index (χ0v) is 14.6. The Hall–Kier alpha value is -2.99. The standard InChI is InChI=1S/C20H20N4O2/c1-14-23-21-13-24(14)17-7-4-6-16(11-17)22-20(25)12-19-18-8-3-2-5-15(18)9-10-26-19/h2-8,11,13,19H,9-10,12H2,1H3,(H,22,25)/t19-/m1/s1. The molecule has 0 saturated carbocycles. The molecule has 1 aliphatic heterocycles. The lowest BCUT2D eigenvalue weighted by Gasteiger charge is -2.25. The van der Waals surface area contributed by atoms with Gasteiger partial charge in [-0.3, -0.25) is 9.36 Å². The SMILES string of the molecule is Cc1nncn1-c1cccc(NC(=O)C[C@H]2OCCc3ccccc32)c1. The predicted octanol–water partition coefficient (Wildman–Crippen LogP) is 3.22. The van der Waals surface area contributed by atoms with E-state index in [0.717, 1.165) is 29.2 Å². The van der Waals surface area contributed by atoms with Crippen LogP contribution in [0, 0.1) is 6.92 Å². The zero-order chi connectivity index (χ0) is 17.9. The molecule has 2 heterocycles. The van der Waals surface area contributed by atoms with E-state index in [0.29, 0.717) is 13.0 Å². The highest BCUT2D eigenvalue weighted by Gasteiger charge is 2.23. The van der Waals surface area contributed by atoms with Crippen molar-refractivity contribution >= 4 is 11.6 Å². The highest BCUT2D eigenvalue weighted by Crippen LogP contribution is 2.29. The molecule has 3 aromatic rings. The topological polar surface area (TPSA) is 69.0 Å². The molecule has 6 nitrogen and oxygen atoms in total. The van der Waals surface area contributed by atoms with Crippen LogP contribution >= 0.6 is 0 Å². The number of nitrogens with zero attached hydrogens (tertiary/aromatic N) is 3. The summed E-state index contributed by atoms with van der Waals surface area (Å²) in [5.41, 5.74) is 4.03. The molecular weight excluding hydrogens is 328 g/mol. The number of nitrogens with one attached hydrogen (secondary N) is 1. The van der Waals surface area contributed by atoms with E-state index in [1.165, 1.54) is 5.56 Å². The molecule has 1 N–H and O–H groups in total. The van der Waals surface area contributed by atoms with Crippen LogP contribution in [0.1, 0.15) is 29.5 Å². The number of rotatable bonds is 4. The fourth-order valence-electron chi connectivity index (χ4n) is 3.31. The average molecular weight is 348 g/mol. The maximum atomic E-state index is 12.5. The van der Waals surface area contributed by atoms with Crippen molar-refractivity contribution in [3.05, 3.63) is 71.8 Å². The first-order valence-electron chi connectivity index (χ1n) is 8.67. The third kappa shape index (κ3) is 3.36. The summed E-state index contributed by atoms with van der Waals surface area (Å²) in [6.45, 7) is 2.54. The molecule has 26 heavy (non-hydrogen) atoms. The summed E-state index contributed by atoms with van der Waals surface area (Å²) in [4.78, 5) is 12.5. The van der Waals surface area contributed by atoms with Crippen molar-refractivity contribution in [3.63, 3.8) is 0 Å². The van der Waals surface area contributed by atoms with E-state index >= 15 is 0 Å². The molecule has 4 rings (SSSR count). The summed E-state index contributed by atoms with van der Waals surface area (Å²) in [5, 5.41) is 10.9. The lowest BCUT2D eigenvalue weighted by atomic mass is 9.95. The number of hydrogen-bond donors (Lipinski definition) is 1. The number of carbonyl (C=O) groups is 1. The van der Waals surface area contributed by atoms with Crippen LogP contribution < -0.4 is 5.32 Å². The molecule has 0 fully saturated rings. The summed E-state index contributed by atoms with van der Waals surface area (Å²) < 4.78 is 7.70. The van der Waals surface area contributed by atoms with Gasteiger partial charge in [0.25, 0.3) is 0 Å². The second-order valence-corrected chi connectivity index (χ2v) is 6.36. The van der Waals surface area contributed by atoms with Crippen LogP contribution in [0.25, 0.3) is 5.69 Å². The first-order valence-corrected chi connectivity index (χ1v) is 8.67. The number of hydrogen-bond acceptors (Lipinski definition) is 4. The third-order valence-electron chi connectivity index (χ3n) is 4.59. The number of anilines is 1. The van der Waals surface area contributed by atoms with Crippen LogP contribution in [0.3, 0.4) is 0 Å². The van der Waals surface area contributed by atoms with Gasteiger partial charge >= 0.3 is 0 Å². The van der Waals surface area contributed by atoms with E-state index in [2.05, 4.69) is 21.6 Å². The first-order chi connectivity index (χ1) is 12.7. The fraction of sp³-hybridized carbons (Fsp3) is 0.250. The Bertz CT molecular complexity index is 935. The van der Waals surface area contributed by atoms with Crippen LogP contribution in [0.4, 0.5) is 5.69 Å². The number of amides is 1. The minimum atomic E-state index is -0.191. The van der Waals surface area contributed by atoms with E-state index in [1.54, 1.807) is 6.33 Å². The summed E-state index contributed by atoms with van der Waals surface area (Å²) in [5.74, 6) is 0.727. The van der Waals surface area contributed by atoms with Gasteiger partial charge in [-0.15, -0.1) is 10.2 Å². The summed E-state index contributed by atoms with van der Waals surface area (Å²) in [6, 6.07) is 15.8. The highest BCUT2D eigenvalue weighted by molar-refractivity contribution is 5.91. The number of carbonyl (C=O) groups excluding carboxylic acids is 1. The molecule has 1 atom stereocenters. The van der Waals surface area contributed by atoms with Crippen LogP contribution in [0.15, 0.2) is 54.9 Å². The number of aryl methyl sites for hydroxylation is 1. The molecule has 132 valence electrons. The van der Waals surface area contributed by atoms with E-state index in [4.69, 9.17) is 4.74 Å². The molecule has 2 aromatic carbocycles. The predicted molar refractivity (Wildman–Crippen MR) is 98.2 cm³/mol. The minimum absolute atomic E-state index is 0.0654. The van der Waals surface area contributed by atoms with Crippen molar-refractivity contribution < 1.29 is 9.53 Å². The normalized spacial score (nSPS) is 16.1. The molecule has 0 bridgehead atoms. The molecular formula is C20H20N4O2. The number of benzene rings is 2. The third-order valence-corrected chi connectivity index (χ3v) is 4.59. The number of ether oxygens (including phenoxy) is 1. The van der Waals surface area contributed by atoms with Crippen molar-refractivity contribution in [2.45, 2.75) is 25.9 Å². The molecule has 0 saturated heterocycles. The van der Waals surface area contributed by atoms with Crippen LogP contribution in [-0.2, 0) is 16.0 Å². The van der Waals surface area contributed by atoms with Gasteiger partial charge in [-0.2, -0.15) is 0 Å². The van der Waals surface area contributed by atoms with Gasteiger partial charge in [0.05, 0.1) is 24.8 Å². The molecule has 1 aromatic heterocycles. The fourth-order valence-corrected chi connectivity index (χ4v) is 3.31. The van der Waals surface area contributed by atoms with Crippen molar-refractivity contribution in [2.75, 3.05) is 11.9 Å². The van der Waals surface area contributed by atoms with E-state index in [9.17, 15) is 4.79 Å². The Morgan fingerprint density at radius 3 is 3.00 bits per heavy atom. The van der Waals surface area contributed by atoms with Crippen LogP contribution in [0.2, 0.25) is 0 Å². The van der Waals surface area contributed by atoms with E-state index < -0.39 is 0 Å². The summed E-state index contributed by atoms with van der Waals surface area (Å²) in [7, 11) is 0. The van der Waals surface area contributed by atoms with Crippen LogP contribution in [0.5, 0.6) is 0 Å². The average Bonchev–Trinajstić information content (AvgIpc) is 3.08.